The Labute approximate surface area is 255 Å². The highest BCUT2D eigenvalue weighted by molar-refractivity contribution is 5.99. The molecule has 0 aliphatic heterocycles. The van der Waals surface area contributed by atoms with E-state index in [9.17, 15) is 19.5 Å². The molecule has 0 aliphatic carbocycles. The third kappa shape index (κ3) is 10.2. The van der Waals surface area contributed by atoms with Gasteiger partial charge in [0, 0.05) is 24.2 Å². The third-order valence-corrected chi connectivity index (χ3v) is 7.00. The van der Waals surface area contributed by atoms with Crippen LogP contribution in [0.2, 0.25) is 0 Å². The number of para-hydroxylation sites is 2. The standard InChI is InChI=1S/C35H45N3O5/c1-6-7-8-16-23-38(33(41)29(24-26-18-10-9-11-19-26)37-34(42)43-35(3,4)5)31(27-20-13-15-22-30(27)39)32(40)36-28-21-14-12-17-25(28)2/h9-15,17-22,29,31,39H,6-8,16,23-24H2,1-5H3,(H,36,40)(H,37,42). The summed E-state index contributed by atoms with van der Waals surface area (Å²) < 4.78 is 5.51. The third-order valence-electron chi connectivity index (χ3n) is 7.00. The number of alkyl carbamates (subject to hydrolysis) is 1. The van der Waals surface area contributed by atoms with Gasteiger partial charge < -0.3 is 25.4 Å². The van der Waals surface area contributed by atoms with E-state index in [0.29, 0.717) is 17.7 Å². The molecule has 3 rings (SSSR count). The SMILES string of the molecule is CCCCCCN(C(=O)C(Cc1ccccc1)NC(=O)OC(C)(C)C)C(C(=O)Nc1ccccc1C)c1ccccc1O. The van der Waals surface area contributed by atoms with E-state index in [1.807, 2.05) is 55.5 Å². The normalized spacial score (nSPS) is 12.6. The quantitative estimate of drug-likeness (QED) is 0.188. The second-order valence-corrected chi connectivity index (χ2v) is 11.7. The van der Waals surface area contributed by atoms with Crippen LogP contribution >= 0.6 is 0 Å². The Balaban J connectivity index is 2.08. The van der Waals surface area contributed by atoms with Crippen molar-refractivity contribution in [3.63, 3.8) is 0 Å². The van der Waals surface area contributed by atoms with Gasteiger partial charge in [0.2, 0.25) is 5.91 Å². The largest absolute Gasteiger partial charge is 0.508 e. The van der Waals surface area contributed by atoms with Crippen LogP contribution in [0.4, 0.5) is 10.5 Å². The van der Waals surface area contributed by atoms with E-state index < -0.39 is 35.6 Å². The molecule has 0 aliphatic rings. The van der Waals surface area contributed by atoms with E-state index in [0.717, 1.165) is 30.4 Å². The van der Waals surface area contributed by atoms with Crippen molar-refractivity contribution in [2.24, 2.45) is 0 Å². The molecule has 0 aromatic heterocycles. The first kappa shape index (κ1) is 33.2. The molecule has 0 bridgehead atoms. The van der Waals surface area contributed by atoms with Gasteiger partial charge in [0.25, 0.3) is 5.91 Å². The van der Waals surface area contributed by atoms with Crippen molar-refractivity contribution in [1.29, 1.82) is 0 Å². The Kier molecular flexibility index (Phi) is 12.2. The topological polar surface area (TPSA) is 108 Å². The number of hydrogen-bond acceptors (Lipinski definition) is 5. The number of anilines is 1. The zero-order valence-corrected chi connectivity index (χ0v) is 25.9. The average molecular weight is 588 g/mol. The number of ether oxygens (including phenoxy) is 1. The molecule has 230 valence electrons. The van der Waals surface area contributed by atoms with E-state index in [2.05, 4.69) is 17.6 Å². The Hall–Kier alpha value is -4.33. The Morgan fingerprint density at radius 2 is 1.53 bits per heavy atom. The molecule has 3 N–H and O–H groups in total. The number of rotatable bonds is 13. The summed E-state index contributed by atoms with van der Waals surface area (Å²) >= 11 is 0. The van der Waals surface area contributed by atoms with Gasteiger partial charge in [0.05, 0.1) is 0 Å². The number of phenolic OH excluding ortho intramolecular Hbond substituents is 1. The summed E-state index contributed by atoms with van der Waals surface area (Å²) in [7, 11) is 0. The number of amides is 3. The summed E-state index contributed by atoms with van der Waals surface area (Å²) in [6.07, 6.45) is 2.94. The minimum absolute atomic E-state index is 0.0986. The van der Waals surface area contributed by atoms with E-state index in [4.69, 9.17) is 4.74 Å². The summed E-state index contributed by atoms with van der Waals surface area (Å²) in [6, 6.07) is 21.1. The van der Waals surface area contributed by atoms with Crippen LogP contribution in [0.25, 0.3) is 0 Å². The number of carbonyl (C=O) groups excluding carboxylic acids is 3. The van der Waals surface area contributed by atoms with Gasteiger partial charge in [0.15, 0.2) is 0 Å². The summed E-state index contributed by atoms with van der Waals surface area (Å²) in [5, 5.41) is 16.7. The van der Waals surface area contributed by atoms with Crippen LogP contribution in [0.15, 0.2) is 78.9 Å². The Morgan fingerprint density at radius 3 is 2.19 bits per heavy atom. The monoisotopic (exact) mass is 587 g/mol. The second-order valence-electron chi connectivity index (χ2n) is 11.7. The first-order valence-electron chi connectivity index (χ1n) is 15.0. The van der Waals surface area contributed by atoms with Crippen molar-refractivity contribution < 1.29 is 24.2 Å². The molecular formula is C35H45N3O5. The second kappa shape index (κ2) is 15.8. The first-order valence-corrected chi connectivity index (χ1v) is 15.0. The molecule has 0 saturated heterocycles. The van der Waals surface area contributed by atoms with Gasteiger partial charge in [0.1, 0.15) is 23.4 Å². The maximum absolute atomic E-state index is 14.6. The number of hydrogen-bond donors (Lipinski definition) is 3. The highest BCUT2D eigenvalue weighted by Gasteiger charge is 2.37. The molecule has 8 heteroatoms. The summed E-state index contributed by atoms with van der Waals surface area (Å²) in [6.45, 7) is 9.50. The van der Waals surface area contributed by atoms with Crippen LogP contribution in [0.3, 0.4) is 0 Å². The van der Waals surface area contributed by atoms with Gasteiger partial charge in [-0.25, -0.2) is 4.79 Å². The van der Waals surface area contributed by atoms with Gasteiger partial charge in [-0.3, -0.25) is 9.59 Å². The van der Waals surface area contributed by atoms with Crippen molar-refractivity contribution in [3.8, 4) is 5.75 Å². The number of aromatic hydroxyl groups is 1. The van der Waals surface area contributed by atoms with E-state index >= 15 is 0 Å². The molecule has 3 aromatic rings. The van der Waals surface area contributed by atoms with Gasteiger partial charge in [-0.2, -0.15) is 0 Å². The smallest absolute Gasteiger partial charge is 0.408 e. The van der Waals surface area contributed by atoms with Gasteiger partial charge in [-0.15, -0.1) is 0 Å². The van der Waals surface area contributed by atoms with Crippen molar-refractivity contribution >= 4 is 23.6 Å². The van der Waals surface area contributed by atoms with Crippen molar-refractivity contribution in [2.75, 3.05) is 11.9 Å². The fourth-order valence-electron chi connectivity index (χ4n) is 4.86. The van der Waals surface area contributed by atoms with Crippen LogP contribution < -0.4 is 10.6 Å². The molecule has 2 unspecified atom stereocenters. The minimum atomic E-state index is -1.16. The van der Waals surface area contributed by atoms with Gasteiger partial charge in [-0.1, -0.05) is 92.9 Å². The number of nitrogens with zero attached hydrogens (tertiary/aromatic N) is 1. The van der Waals surface area contributed by atoms with Crippen LogP contribution in [-0.4, -0.2) is 46.1 Å². The molecule has 0 fully saturated rings. The number of benzene rings is 3. The highest BCUT2D eigenvalue weighted by atomic mass is 16.6. The molecule has 3 amide bonds. The number of aryl methyl sites for hydroxylation is 1. The zero-order valence-electron chi connectivity index (χ0n) is 25.9. The van der Waals surface area contributed by atoms with Crippen LogP contribution in [0, 0.1) is 6.92 Å². The maximum Gasteiger partial charge on any atom is 0.408 e. The minimum Gasteiger partial charge on any atom is -0.508 e. The molecule has 0 heterocycles. The Bertz CT molecular complexity index is 1350. The lowest BCUT2D eigenvalue weighted by Crippen LogP contribution is -2.53. The number of nitrogens with one attached hydrogen (secondary N) is 2. The maximum atomic E-state index is 14.6. The lowest BCUT2D eigenvalue weighted by atomic mass is 9.98. The van der Waals surface area contributed by atoms with Crippen LogP contribution in [0.1, 0.15) is 76.1 Å². The Morgan fingerprint density at radius 1 is 0.884 bits per heavy atom. The molecule has 43 heavy (non-hydrogen) atoms. The molecule has 2 atom stereocenters. The van der Waals surface area contributed by atoms with Crippen LogP contribution in [0.5, 0.6) is 5.75 Å². The number of phenols is 1. The van der Waals surface area contributed by atoms with E-state index in [1.165, 1.54) is 11.0 Å². The summed E-state index contributed by atoms with van der Waals surface area (Å²) in [5.41, 5.74) is 1.84. The zero-order chi connectivity index (χ0) is 31.4. The lowest BCUT2D eigenvalue weighted by molar-refractivity contribution is -0.141. The van der Waals surface area contributed by atoms with Crippen molar-refractivity contribution in [2.45, 2.75) is 84.4 Å². The van der Waals surface area contributed by atoms with E-state index in [-0.39, 0.29) is 18.7 Å². The van der Waals surface area contributed by atoms with Crippen molar-refractivity contribution in [3.05, 3.63) is 95.6 Å². The van der Waals surface area contributed by atoms with Gasteiger partial charge in [-0.05, 0) is 57.4 Å². The molecule has 8 nitrogen and oxygen atoms in total. The fraction of sp³-hybridized carbons (Fsp3) is 0.400. The molecule has 0 saturated carbocycles. The predicted octanol–water partition coefficient (Wildman–Crippen LogP) is 6.93. The summed E-state index contributed by atoms with van der Waals surface area (Å²) in [4.78, 5) is 43.1. The van der Waals surface area contributed by atoms with Gasteiger partial charge >= 0.3 is 6.09 Å². The lowest BCUT2D eigenvalue weighted by Gasteiger charge is -2.35. The highest BCUT2D eigenvalue weighted by Crippen LogP contribution is 2.32. The fourth-order valence-corrected chi connectivity index (χ4v) is 4.86. The molecule has 3 aromatic carbocycles. The van der Waals surface area contributed by atoms with Crippen molar-refractivity contribution in [1.82, 2.24) is 10.2 Å². The van der Waals surface area contributed by atoms with E-state index in [1.54, 1.807) is 45.0 Å². The average Bonchev–Trinajstić information content (AvgIpc) is 2.95. The molecule has 0 spiro atoms. The number of unbranched alkanes of at least 4 members (excludes halogenated alkanes) is 3. The number of carbonyl (C=O) groups is 3. The molecular weight excluding hydrogens is 542 g/mol. The first-order chi connectivity index (χ1) is 20.5. The predicted molar refractivity (Wildman–Crippen MR) is 170 cm³/mol. The molecule has 0 radical (unpaired) electrons. The summed E-state index contributed by atoms with van der Waals surface area (Å²) in [5.74, 6) is -1.01. The van der Waals surface area contributed by atoms with Crippen LogP contribution in [-0.2, 0) is 20.7 Å².